The number of esters is 1. The van der Waals surface area contributed by atoms with Crippen molar-refractivity contribution in [2.24, 2.45) is 0 Å². The molecular weight excluding hydrogens is 450 g/mol. The minimum absolute atomic E-state index is 0.0434. The molecule has 0 spiro atoms. The van der Waals surface area contributed by atoms with E-state index in [1.807, 2.05) is 57.2 Å². The fourth-order valence-corrected chi connectivity index (χ4v) is 4.93. The molecule has 1 atom stereocenters. The Hall–Kier alpha value is -3.60. The van der Waals surface area contributed by atoms with Crippen molar-refractivity contribution < 1.29 is 19.1 Å². The van der Waals surface area contributed by atoms with Crippen LogP contribution in [0.1, 0.15) is 67.7 Å². The number of nitrogens with one attached hydrogen (secondary N) is 1. The lowest BCUT2D eigenvalue weighted by atomic mass is 9.98. The Morgan fingerprint density at radius 1 is 0.889 bits per heavy atom. The molecule has 2 aliphatic rings. The number of benzene rings is 3. The number of carbonyl (C=O) groups is 2. The van der Waals surface area contributed by atoms with Crippen LogP contribution in [0.25, 0.3) is 11.1 Å². The van der Waals surface area contributed by atoms with Crippen molar-refractivity contribution >= 4 is 12.1 Å². The van der Waals surface area contributed by atoms with E-state index in [1.54, 1.807) is 0 Å². The van der Waals surface area contributed by atoms with Crippen LogP contribution in [0.15, 0.2) is 72.8 Å². The Morgan fingerprint density at radius 3 is 2.03 bits per heavy atom. The van der Waals surface area contributed by atoms with E-state index in [0.717, 1.165) is 16.7 Å². The Kier molecular flexibility index (Phi) is 6.57. The van der Waals surface area contributed by atoms with Crippen LogP contribution in [0.3, 0.4) is 0 Å². The van der Waals surface area contributed by atoms with E-state index in [2.05, 4.69) is 41.7 Å². The van der Waals surface area contributed by atoms with Crippen molar-refractivity contribution in [3.8, 4) is 11.1 Å². The highest BCUT2D eigenvalue weighted by atomic mass is 16.6. The first-order valence-corrected chi connectivity index (χ1v) is 12.7. The molecule has 5 heteroatoms. The topological polar surface area (TPSA) is 64.6 Å². The Bertz CT molecular complexity index is 1210. The Labute approximate surface area is 212 Å². The third-order valence-corrected chi connectivity index (χ3v) is 6.80. The van der Waals surface area contributed by atoms with Crippen molar-refractivity contribution in [3.05, 3.63) is 95.1 Å². The molecule has 5 nitrogen and oxygen atoms in total. The van der Waals surface area contributed by atoms with E-state index >= 15 is 0 Å². The lowest BCUT2D eigenvalue weighted by molar-refractivity contribution is -0.157. The van der Waals surface area contributed by atoms with Gasteiger partial charge in [-0.1, -0.05) is 72.8 Å². The zero-order valence-corrected chi connectivity index (χ0v) is 21.1. The molecule has 0 heterocycles. The maximum absolute atomic E-state index is 13.0. The van der Waals surface area contributed by atoms with Crippen molar-refractivity contribution in [3.63, 3.8) is 0 Å². The van der Waals surface area contributed by atoms with Gasteiger partial charge in [-0.05, 0) is 72.9 Å². The van der Waals surface area contributed by atoms with Crippen LogP contribution in [0.5, 0.6) is 0 Å². The molecule has 36 heavy (non-hydrogen) atoms. The minimum Gasteiger partial charge on any atom is -0.458 e. The highest BCUT2D eigenvalue weighted by Gasteiger charge is 2.31. The zero-order valence-electron chi connectivity index (χ0n) is 21.1. The molecule has 1 amide bonds. The quantitative estimate of drug-likeness (QED) is 0.398. The van der Waals surface area contributed by atoms with Crippen molar-refractivity contribution in [1.29, 1.82) is 0 Å². The van der Waals surface area contributed by atoms with Gasteiger partial charge in [0.05, 0.1) is 0 Å². The average molecular weight is 484 g/mol. The number of rotatable bonds is 7. The molecule has 5 rings (SSSR count). The summed E-state index contributed by atoms with van der Waals surface area (Å²) in [5.74, 6) is 0.153. The SMILES string of the molecule is CC(C)(C)OC(=O)C(Cc1ccc(C2CC2)cc1)NC(=O)OCC1c2ccccc2-c2ccccc21. The summed E-state index contributed by atoms with van der Waals surface area (Å²) < 4.78 is 11.3. The summed E-state index contributed by atoms with van der Waals surface area (Å²) in [5, 5.41) is 2.77. The summed E-state index contributed by atoms with van der Waals surface area (Å²) in [7, 11) is 0. The molecule has 0 aromatic heterocycles. The van der Waals surface area contributed by atoms with E-state index in [4.69, 9.17) is 9.47 Å². The van der Waals surface area contributed by atoms with Crippen LogP contribution in [0.2, 0.25) is 0 Å². The van der Waals surface area contributed by atoms with Crippen LogP contribution in [0, 0.1) is 0 Å². The van der Waals surface area contributed by atoms with Gasteiger partial charge in [0.25, 0.3) is 0 Å². The van der Waals surface area contributed by atoms with E-state index in [9.17, 15) is 9.59 Å². The molecule has 0 aliphatic heterocycles. The van der Waals surface area contributed by atoms with Gasteiger partial charge in [0, 0.05) is 12.3 Å². The molecule has 0 bridgehead atoms. The van der Waals surface area contributed by atoms with E-state index in [0.29, 0.717) is 12.3 Å². The third-order valence-electron chi connectivity index (χ3n) is 6.80. The zero-order chi connectivity index (χ0) is 25.3. The van der Waals surface area contributed by atoms with Crippen molar-refractivity contribution in [1.82, 2.24) is 5.32 Å². The molecular formula is C31H33NO4. The van der Waals surface area contributed by atoms with Gasteiger partial charge in [0.15, 0.2) is 0 Å². The smallest absolute Gasteiger partial charge is 0.407 e. The molecule has 1 fully saturated rings. The Balaban J connectivity index is 1.27. The molecule has 3 aromatic carbocycles. The number of hydrogen-bond donors (Lipinski definition) is 1. The van der Waals surface area contributed by atoms with Gasteiger partial charge in [-0.15, -0.1) is 0 Å². The second-order valence-corrected chi connectivity index (χ2v) is 10.8. The molecule has 1 unspecified atom stereocenters. The number of hydrogen-bond acceptors (Lipinski definition) is 4. The molecule has 1 saturated carbocycles. The fraction of sp³-hybridized carbons (Fsp3) is 0.355. The maximum atomic E-state index is 13.0. The first kappa shape index (κ1) is 24.1. The fourth-order valence-electron chi connectivity index (χ4n) is 4.93. The van der Waals surface area contributed by atoms with Crippen molar-refractivity contribution in [2.75, 3.05) is 6.61 Å². The molecule has 0 saturated heterocycles. The summed E-state index contributed by atoms with van der Waals surface area (Å²) in [6, 6.07) is 23.9. The van der Waals surface area contributed by atoms with E-state index < -0.39 is 23.7 Å². The standard InChI is InChI=1S/C31H33NO4/c1-31(2,3)36-29(33)28(18-20-12-14-21(15-13-20)22-16-17-22)32-30(34)35-19-27-25-10-6-4-8-23(25)24-9-5-7-11-26(24)27/h4-15,22,27-28H,16-19H2,1-3H3,(H,32,34). The molecule has 2 aliphatic carbocycles. The highest BCUT2D eigenvalue weighted by Crippen LogP contribution is 2.44. The molecule has 0 radical (unpaired) electrons. The van der Waals surface area contributed by atoms with Gasteiger partial charge in [0.2, 0.25) is 0 Å². The van der Waals surface area contributed by atoms with Crippen LogP contribution in [0.4, 0.5) is 4.79 Å². The first-order valence-electron chi connectivity index (χ1n) is 12.7. The van der Waals surface area contributed by atoms with Gasteiger partial charge in [-0.2, -0.15) is 0 Å². The average Bonchev–Trinajstić information content (AvgIpc) is 3.65. The van der Waals surface area contributed by atoms with Crippen LogP contribution in [-0.2, 0) is 20.7 Å². The lowest BCUT2D eigenvalue weighted by Crippen LogP contribution is -2.46. The van der Waals surface area contributed by atoms with Crippen LogP contribution < -0.4 is 5.32 Å². The predicted molar refractivity (Wildman–Crippen MR) is 140 cm³/mol. The third kappa shape index (κ3) is 5.46. The van der Waals surface area contributed by atoms with Gasteiger partial charge < -0.3 is 14.8 Å². The van der Waals surface area contributed by atoms with E-state index in [-0.39, 0.29) is 12.5 Å². The summed E-state index contributed by atoms with van der Waals surface area (Å²) in [4.78, 5) is 25.9. The van der Waals surface area contributed by atoms with Gasteiger partial charge in [-0.25, -0.2) is 9.59 Å². The number of alkyl carbamates (subject to hydrolysis) is 1. The molecule has 186 valence electrons. The Morgan fingerprint density at radius 2 is 1.47 bits per heavy atom. The number of carbonyl (C=O) groups excluding carboxylic acids is 2. The number of amides is 1. The molecule has 1 N–H and O–H groups in total. The second-order valence-electron chi connectivity index (χ2n) is 10.8. The normalized spacial score (nSPS) is 15.5. The largest absolute Gasteiger partial charge is 0.458 e. The summed E-state index contributed by atoms with van der Waals surface area (Å²) in [6.07, 6.45) is 2.19. The first-order chi connectivity index (χ1) is 17.3. The summed E-state index contributed by atoms with van der Waals surface area (Å²) >= 11 is 0. The summed E-state index contributed by atoms with van der Waals surface area (Å²) in [5.41, 5.74) is 6.27. The van der Waals surface area contributed by atoms with Crippen molar-refractivity contribution in [2.45, 2.75) is 63.5 Å². The summed E-state index contributed by atoms with van der Waals surface area (Å²) in [6.45, 7) is 5.65. The van der Waals surface area contributed by atoms with Crippen LogP contribution in [-0.4, -0.2) is 30.3 Å². The van der Waals surface area contributed by atoms with Gasteiger partial charge >= 0.3 is 12.1 Å². The highest BCUT2D eigenvalue weighted by molar-refractivity contribution is 5.82. The second kappa shape index (κ2) is 9.81. The van der Waals surface area contributed by atoms with Gasteiger partial charge in [0.1, 0.15) is 18.2 Å². The van der Waals surface area contributed by atoms with Gasteiger partial charge in [-0.3, -0.25) is 0 Å². The lowest BCUT2D eigenvalue weighted by Gasteiger charge is -2.25. The van der Waals surface area contributed by atoms with Crippen LogP contribution >= 0.6 is 0 Å². The van der Waals surface area contributed by atoms with E-state index in [1.165, 1.54) is 29.5 Å². The number of ether oxygens (including phenoxy) is 2. The predicted octanol–water partition coefficient (Wildman–Crippen LogP) is 6.36. The minimum atomic E-state index is -0.841. The number of fused-ring (bicyclic) bond motifs is 3. The monoisotopic (exact) mass is 483 g/mol. The molecule has 3 aromatic rings. The maximum Gasteiger partial charge on any atom is 0.407 e.